The van der Waals surface area contributed by atoms with E-state index in [-0.39, 0.29) is 64.4 Å². The van der Waals surface area contributed by atoms with E-state index in [1.54, 1.807) is 26.4 Å². The topological polar surface area (TPSA) is 145 Å². The average Bonchev–Trinajstić information content (AvgIpc) is 3.01. The van der Waals surface area contributed by atoms with Gasteiger partial charge in [0.1, 0.15) is 12.2 Å². The number of ether oxygens (including phenoxy) is 8. The SMILES string of the molecule is COC(=O)CC(=O)CCc1ccc(OC)c(OC)c1OC.COC(=O)CC(O)CCc1ccc(OC)c(OC)c1OC.[B].[H-].[Na+]. The van der Waals surface area contributed by atoms with Gasteiger partial charge in [0, 0.05) is 14.8 Å². The van der Waals surface area contributed by atoms with Crippen molar-refractivity contribution in [2.24, 2.45) is 0 Å². The molecule has 2 aromatic rings. The third-order valence-electron chi connectivity index (χ3n) is 6.19. The summed E-state index contributed by atoms with van der Waals surface area (Å²) in [7, 11) is 11.8. The van der Waals surface area contributed by atoms with Crippen molar-refractivity contribution in [3.63, 3.8) is 0 Å². The molecule has 0 aliphatic carbocycles. The first-order chi connectivity index (χ1) is 20.1. The van der Waals surface area contributed by atoms with Crippen molar-refractivity contribution in [3.05, 3.63) is 35.4 Å². The van der Waals surface area contributed by atoms with Gasteiger partial charge in [-0.05, 0) is 42.5 Å². The molecule has 0 saturated carbocycles. The van der Waals surface area contributed by atoms with Crippen LogP contribution in [0.2, 0.25) is 0 Å². The van der Waals surface area contributed by atoms with Gasteiger partial charge in [-0.25, -0.2) is 0 Å². The van der Waals surface area contributed by atoms with Crippen LogP contribution in [-0.4, -0.2) is 94.2 Å². The summed E-state index contributed by atoms with van der Waals surface area (Å²) in [6.45, 7) is 0. The Morgan fingerprint density at radius 1 is 0.659 bits per heavy atom. The molecule has 3 radical (unpaired) electrons. The predicted octanol–water partition coefficient (Wildman–Crippen LogP) is 0.0819. The van der Waals surface area contributed by atoms with Gasteiger partial charge in [-0.3, -0.25) is 14.4 Å². The van der Waals surface area contributed by atoms with Crippen LogP contribution < -0.4 is 58.0 Å². The van der Waals surface area contributed by atoms with Gasteiger partial charge in [-0.2, -0.15) is 0 Å². The number of methoxy groups -OCH3 is 8. The second kappa shape index (κ2) is 23.3. The molecule has 1 atom stereocenters. The maximum absolute atomic E-state index is 11.7. The van der Waals surface area contributed by atoms with Crippen LogP contribution in [0.15, 0.2) is 24.3 Å². The molecule has 239 valence electrons. The molecule has 14 heteroatoms. The van der Waals surface area contributed by atoms with E-state index in [2.05, 4.69) is 9.47 Å². The van der Waals surface area contributed by atoms with Gasteiger partial charge in [-0.1, -0.05) is 12.1 Å². The van der Waals surface area contributed by atoms with Crippen molar-refractivity contribution in [3.8, 4) is 34.5 Å². The Bertz CT molecular complexity index is 1180. The van der Waals surface area contributed by atoms with Crippen molar-refractivity contribution in [1.82, 2.24) is 0 Å². The first-order valence-electron chi connectivity index (χ1n) is 13.0. The number of rotatable bonds is 16. The number of carbonyl (C=O) groups excluding carboxylic acids is 3. The molecule has 2 aromatic carbocycles. The molecule has 1 N–H and O–H groups in total. The van der Waals surface area contributed by atoms with E-state index in [1.807, 2.05) is 12.1 Å². The molecular formula is C30H43BNaO12. The molecular weight excluding hydrogens is 586 g/mol. The predicted molar refractivity (Wildman–Crippen MR) is 160 cm³/mol. The van der Waals surface area contributed by atoms with Crippen molar-refractivity contribution >= 4 is 26.1 Å². The van der Waals surface area contributed by atoms with Gasteiger partial charge in [0.05, 0.1) is 69.4 Å². The molecule has 0 aliphatic heterocycles. The van der Waals surface area contributed by atoms with E-state index in [0.717, 1.165) is 11.1 Å². The van der Waals surface area contributed by atoms with Crippen LogP contribution in [-0.2, 0) is 36.7 Å². The third kappa shape index (κ3) is 13.3. The van der Waals surface area contributed by atoms with Crippen LogP contribution in [0.5, 0.6) is 34.5 Å². The summed E-state index contributed by atoms with van der Waals surface area (Å²) < 4.78 is 40.7. The van der Waals surface area contributed by atoms with Crippen LogP contribution in [0.4, 0.5) is 0 Å². The Labute approximate surface area is 284 Å². The summed E-state index contributed by atoms with van der Waals surface area (Å²) in [6, 6.07) is 7.20. The van der Waals surface area contributed by atoms with Gasteiger partial charge in [0.25, 0.3) is 0 Å². The largest absolute Gasteiger partial charge is 1.00 e. The zero-order valence-corrected chi connectivity index (χ0v) is 29.1. The van der Waals surface area contributed by atoms with E-state index in [9.17, 15) is 19.5 Å². The number of hydrogen-bond acceptors (Lipinski definition) is 12. The van der Waals surface area contributed by atoms with Crippen molar-refractivity contribution < 1.29 is 88.4 Å². The van der Waals surface area contributed by atoms with Crippen molar-refractivity contribution in [2.75, 3.05) is 56.9 Å². The molecule has 0 aromatic heterocycles. The molecule has 0 aliphatic rings. The van der Waals surface area contributed by atoms with Crippen LogP contribution in [0.3, 0.4) is 0 Å². The third-order valence-corrected chi connectivity index (χ3v) is 6.19. The number of carbonyl (C=O) groups is 3. The first kappa shape index (κ1) is 43.0. The molecule has 0 saturated heterocycles. The summed E-state index contributed by atoms with van der Waals surface area (Å²) in [4.78, 5) is 33.8. The minimum Gasteiger partial charge on any atom is -1.00 e. The summed E-state index contributed by atoms with van der Waals surface area (Å²) >= 11 is 0. The summed E-state index contributed by atoms with van der Waals surface area (Å²) in [5.41, 5.74) is 1.69. The molecule has 0 spiro atoms. The molecule has 0 amide bonds. The number of aryl methyl sites for hydroxylation is 2. The van der Waals surface area contributed by atoms with E-state index in [1.165, 1.54) is 42.7 Å². The molecule has 1 unspecified atom stereocenters. The number of aliphatic hydroxyl groups is 1. The molecule has 12 nitrogen and oxygen atoms in total. The Kier molecular flexibility index (Phi) is 22.8. The van der Waals surface area contributed by atoms with E-state index >= 15 is 0 Å². The van der Waals surface area contributed by atoms with Crippen LogP contribution in [0.25, 0.3) is 0 Å². The zero-order valence-electron chi connectivity index (χ0n) is 28.1. The van der Waals surface area contributed by atoms with Crippen molar-refractivity contribution in [1.29, 1.82) is 0 Å². The van der Waals surface area contributed by atoms with E-state index < -0.39 is 18.0 Å². The van der Waals surface area contributed by atoms with Gasteiger partial charge >= 0.3 is 41.5 Å². The van der Waals surface area contributed by atoms with E-state index in [0.29, 0.717) is 53.8 Å². The number of aliphatic hydroxyl groups excluding tert-OH is 1. The van der Waals surface area contributed by atoms with Gasteiger partial charge < -0.3 is 44.4 Å². The van der Waals surface area contributed by atoms with Gasteiger partial charge in [0.2, 0.25) is 11.5 Å². The molecule has 2 rings (SSSR count). The Morgan fingerprint density at radius 2 is 1.09 bits per heavy atom. The normalized spacial score (nSPS) is 10.3. The number of benzene rings is 2. The number of esters is 2. The molecule has 0 heterocycles. The fraction of sp³-hybridized carbons (Fsp3) is 0.500. The average molecular weight is 629 g/mol. The molecule has 44 heavy (non-hydrogen) atoms. The second-order valence-corrected chi connectivity index (χ2v) is 8.75. The minimum atomic E-state index is -0.754. The fourth-order valence-corrected chi connectivity index (χ4v) is 4.02. The number of ketones is 1. The minimum absolute atomic E-state index is 0. The first-order valence-corrected chi connectivity index (χ1v) is 13.0. The van der Waals surface area contributed by atoms with Crippen LogP contribution in [0.1, 0.15) is 38.2 Å². The Balaban J connectivity index is -0.000000735. The molecule has 0 fully saturated rings. The van der Waals surface area contributed by atoms with Crippen molar-refractivity contribution in [2.45, 2.75) is 44.6 Å². The quantitative estimate of drug-likeness (QED) is 0.153. The number of hydrogen-bond donors (Lipinski definition) is 1. The smallest absolute Gasteiger partial charge is 1.00 e. The summed E-state index contributed by atoms with van der Waals surface area (Å²) in [5, 5.41) is 9.81. The van der Waals surface area contributed by atoms with Crippen LogP contribution >= 0.6 is 0 Å². The summed E-state index contributed by atoms with van der Waals surface area (Å²) in [6.07, 6.45) is 0.636. The maximum atomic E-state index is 11.7. The molecule has 0 bridgehead atoms. The van der Waals surface area contributed by atoms with Gasteiger partial charge in [0.15, 0.2) is 23.0 Å². The second-order valence-electron chi connectivity index (χ2n) is 8.75. The maximum Gasteiger partial charge on any atom is 1.00 e. The monoisotopic (exact) mass is 629 g/mol. The number of Topliss-reactive ketones (excluding diaryl/α,β-unsaturated/α-hetero) is 1. The van der Waals surface area contributed by atoms with E-state index in [4.69, 9.17) is 28.4 Å². The Hall–Kier alpha value is -3.13. The Morgan fingerprint density at radius 3 is 1.48 bits per heavy atom. The zero-order chi connectivity index (χ0) is 31.7. The van der Waals surface area contributed by atoms with Crippen LogP contribution in [0, 0.1) is 0 Å². The van der Waals surface area contributed by atoms with Gasteiger partial charge in [-0.15, -0.1) is 0 Å². The fourth-order valence-electron chi connectivity index (χ4n) is 4.02. The summed E-state index contributed by atoms with van der Waals surface area (Å²) in [5.74, 6) is 2.09. The standard InChI is InChI=1S/C15H22O6.C15H20O6.B.Na.H/c2*1-18-12-8-6-10(14(20-3)15(12)21-4)5-7-11(16)9-13(17)19-2;;;/h6,8,11,16H,5,7,9H2,1-4H3;6,8H,5,7,9H2,1-4H3;;;/q;;;+1;-1.